The Balaban J connectivity index is 1.74. The molecule has 0 bridgehead atoms. The molecule has 0 saturated carbocycles. The average molecular weight is 357 g/mol. The lowest BCUT2D eigenvalue weighted by Gasteiger charge is -2.18. The second-order valence-electron chi connectivity index (χ2n) is 5.02. The van der Waals surface area contributed by atoms with Crippen LogP contribution in [-0.2, 0) is 14.6 Å². The first-order chi connectivity index (χ1) is 9.37. The van der Waals surface area contributed by atoms with Crippen molar-refractivity contribution in [3.63, 3.8) is 0 Å². The van der Waals surface area contributed by atoms with Gasteiger partial charge < -0.3 is 10.2 Å². The van der Waals surface area contributed by atoms with Gasteiger partial charge in [-0.3, -0.25) is 4.79 Å². The summed E-state index contributed by atoms with van der Waals surface area (Å²) in [5.74, 6) is -0.160. The van der Waals surface area contributed by atoms with Crippen molar-refractivity contribution in [3.05, 3.63) is 0 Å². The highest BCUT2D eigenvalue weighted by atomic mass is 35.5. The first-order valence-electron chi connectivity index (χ1n) is 6.43. The van der Waals surface area contributed by atoms with Crippen LogP contribution in [0.4, 0.5) is 0 Å². The van der Waals surface area contributed by atoms with Gasteiger partial charge in [0.1, 0.15) is 4.32 Å². The highest BCUT2D eigenvalue weighted by Crippen LogP contribution is 2.19. The molecule has 0 aliphatic carbocycles. The standard InChI is InChI=1S/C11H17ClN2O3S3/c12-8-6-20(16,17)7-9(8)13-10(15)5-19-11(18)14-3-1-2-4-14/h8-9H,1-7H2,(H,13,15)/t8-,9+/m1/s1. The molecule has 2 atom stereocenters. The molecule has 1 N–H and O–H groups in total. The number of sulfone groups is 1. The van der Waals surface area contributed by atoms with E-state index in [1.807, 2.05) is 0 Å². The van der Waals surface area contributed by atoms with Crippen molar-refractivity contribution < 1.29 is 13.2 Å². The number of halogens is 1. The molecule has 114 valence electrons. The topological polar surface area (TPSA) is 66.5 Å². The molecule has 2 saturated heterocycles. The number of likely N-dealkylation sites (tertiary alicyclic amines) is 1. The summed E-state index contributed by atoms with van der Waals surface area (Å²) in [6.07, 6.45) is 2.28. The average Bonchev–Trinajstić information content (AvgIpc) is 2.95. The summed E-state index contributed by atoms with van der Waals surface area (Å²) in [5, 5.41) is 2.14. The van der Waals surface area contributed by atoms with Crippen LogP contribution in [0.1, 0.15) is 12.8 Å². The quantitative estimate of drug-likeness (QED) is 0.590. The summed E-state index contributed by atoms with van der Waals surface area (Å²) in [5.41, 5.74) is 0. The third kappa shape index (κ3) is 4.47. The highest BCUT2D eigenvalue weighted by molar-refractivity contribution is 8.23. The highest BCUT2D eigenvalue weighted by Gasteiger charge is 2.37. The second kappa shape index (κ2) is 6.81. The van der Waals surface area contributed by atoms with Gasteiger partial charge in [-0.05, 0) is 12.8 Å². The normalized spacial score (nSPS) is 28.6. The Morgan fingerprint density at radius 1 is 1.35 bits per heavy atom. The van der Waals surface area contributed by atoms with Crippen molar-refractivity contribution in [3.8, 4) is 0 Å². The molecule has 0 aromatic carbocycles. The molecule has 0 unspecified atom stereocenters. The van der Waals surface area contributed by atoms with Gasteiger partial charge in [0.25, 0.3) is 0 Å². The summed E-state index contributed by atoms with van der Waals surface area (Å²) in [6, 6.07) is -0.491. The van der Waals surface area contributed by atoms with Gasteiger partial charge in [0.05, 0.1) is 28.7 Å². The van der Waals surface area contributed by atoms with E-state index in [9.17, 15) is 13.2 Å². The Bertz CT molecular complexity index is 491. The van der Waals surface area contributed by atoms with Crippen molar-refractivity contribution in [2.24, 2.45) is 0 Å². The Labute approximate surface area is 133 Å². The molecule has 20 heavy (non-hydrogen) atoms. The van der Waals surface area contributed by atoms with E-state index in [1.54, 1.807) is 0 Å². The SMILES string of the molecule is O=C(CSC(=S)N1CCCC1)N[C@H]1CS(=O)(=O)C[C@H]1Cl. The number of rotatable bonds is 3. The fraction of sp³-hybridized carbons (Fsp3) is 0.818. The maximum Gasteiger partial charge on any atom is 0.230 e. The molecular formula is C11H17ClN2O3S3. The smallest absolute Gasteiger partial charge is 0.230 e. The largest absolute Gasteiger partial charge is 0.358 e. The second-order valence-corrected chi connectivity index (χ2v) is 9.34. The van der Waals surface area contributed by atoms with E-state index in [4.69, 9.17) is 23.8 Å². The van der Waals surface area contributed by atoms with Crippen LogP contribution in [0.25, 0.3) is 0 Å². The van der Waals surface area contributed by atoms with Crippen molar-refractivity contribution in [1.29, 1.82) is 0 Å². The van der Waals surface area contributed by atoms with Crippen LogP contribution in [0.3, 0.4) is 0 Å². The summed E-state index contributed by atoms with van der Waals surface area (Å²) >= 11 is 12.5. The van der Waals surface area contributed by atoms with Crippen LogP contribution in [0.5, 0.6) is 0 Å². The number of thioether (sulfide) groups is 1. The van der Waals surface area contributed by atoms with Crippen LogP contribution in [-0.4, -0.2) is 65.3 Å². The molecule has 0 spiro atoms. The van der Waals surface area contributed by atoms with Gasteiger partial charge in [-0.2, -0.15) is 0 Å². The number of amides is 1. The molecule has 0 aromatic rings. The van der Waals surface area contributed by atoms with Crippen LogP contribution in [0, 0.1) is 0 Å². The first-order valence-corrected chi connectivity index (χ1v) is 10.1. The predicted molar refractivity (Wildman–Crippen MR) is 86.1 cm³/mol. The summed E-state index contributed by atoms with van der Waals surface area (Å²) in [7, 11) is -3.12. The lowest BCUT2D eigenvalue weighted by atomic mass is 10.2. The van der Waals surface area contributed by atoms with E-state index in [2.05, 4.69) is 10.2 Å². The van der Waals surface area contributed by atoms with E-state index >= 15 is 0 Å². The van der Waals surface area contributed by atoms with Gasteiger partial charge in [0, 0.05) is 13.1 Å². The van der Waals surface area contributed by atoms with E-state index < -0.39 is 21.3 Å². The summed E-state index contributed by atoms with van der Waals surface area (Å²) in [4.78, 5) is 13.9. The maximum atomic E-state index is 11.8. The number of nitrogens with zero attached hydrogens (tertiary/aromatic N) is 1. The van der Waals surface area contributed by atoms with Crippen molar-refractivity contribution in [1.82, 2.24) is 10.2 Å². The summed E-state index contributed by atoms with van der Waals surface area (Å²) < 4.78 is 23.5. The molecule has 2 rings (SSSR count). The molecule has 2 aliphatic heterocycles. The zero-order chi connectivity index (χ0) is 14.8. The zero-order valence-electron chi connectivity index (χ0n) is 10.9. The zero-order valence-corrected chi connectivity index (χ0v) is 14.1. The van der Waals surface area contributed by atoms with Gasteiger partial charge in [-0.25, -0.2) is 8.42 Å². The minimum atomic E-state index is -3.12. The van der Waals surface area contributed by atoms with Crippen molar-refractivity contribution >= 4 is 55.6 Å². The van der Waals surface area contributed by atoms with Gasteiger partial charge in [0.15, 0.2) is 9.84 Å². The molecule has 9 heteroatoms. The van der Waals surface area contributed by atoms with Gasteiger partial charge >= 0.3 is 0 Å². The number of carbonyl (C=O) groups excluding carboxylic acids is 1. The van der Waals surface area contributed by atoms with E-state index in [-0.39, 0.29) is 23.2 Å². The maximum absolute atomic E-state index is 11.8. The Morgan fingerprint density at radius 2 is 2.00 bits per heavy atom. The summed E-state index contributed by atoms with van der Waals surface area (Å²) in [6.45, 7) is 1.91. The van der Waals surface area contributed by atoms with Crippen LogP contribution < -0.4 is 5.32 Å². The number of nitrogens with one attached hydrogen (secondary N) is 1. The molecular weight excluding hydrogens is 340 g/mol. The molecule has 2 aliphatic rings. The Hall–Kier alpha value is -0.0500. The predicted octanol–water partition coefficient (Wildman–Crippen LogP) is 0.621. The minimum absolute atomic E-state index is 0.0706. The number of hydrogen-bond donors (Lipinski definition) is 1. The lowest BCUT2D eigenvalue weighted by Crippen LogP contribution is -2.41. The van der Waals surface area contributed by atoms with Crippen molar-refractivity contribution in [2.45, 2.75) is 24.3 Å². The number of alkyl halides is 1. The molecule has 1 amide bonds. The van der Waals surface area contributed by atoms with Gasteiger partial charge in [0.2, 0.25) is 5.91 Å². The Kier molecular flexibility index (Phi) is 5.56. The molecule has 5 nitrogen and oxygen atoms in total. The number of hydrogen-bond acceptors (Lipinski definition) is 5. The van der Waals surface area contributed by atoms with Crippen molar-refractivity contribution in [2.75, 3.05) is 30.3 Å². The lowest BCUT2D eigenvalue weighted by molar-refractivity contribution is -0.119. The number of thiocarbonyl (C=S) groups is 1. The van der Waals surface area contributed by atoms with Crippen LogP contribution >= 0.6 is 35.6 Å². The van der Waals surface area contributed by atoms with Gasteiger partial charge in [-0.1, -0.05) is 24.0 Å². The minimum Gasteiger partial charge on any atom is -0.358 e. The number of carbonyl (C=O) groups is 1. The van der Waals surface area contributed by atoms with E-state index in [0.29, 0.717) is 0 Å². The Morgan fingerprint density at radius 3 is 2.55 bits per heavy atom. The van der Waals surface area contributed by atoms with Gasteiger partial charge in [-0.15, -0.1) is 11.6 Å². The molecule has 2 heterocycles. The fourth-order valence-corrected chi connectivity index (χ4v) is 5.92. The fourth-order valence-electron chi connectivity index (χ4n) is 2.30. The third-order valence-electron chi connectivity index (χ3n) is 3.32. The van der Waals surface area contributed by atoms with E-state index in [0.717, 1.165) is 30.3 Å². The molecule has 0 radical (unpaired) electrons. The van der Waals surface area contributed by atoms with Crippen LogP contribution in [0.15, 0.2) is 0 Å². The van der Waals surface area contributed by atoms with E-state index in [1.165, 1.54) is 11.8 Å². The molecule has 0 aromatic heterocycles. The molecule has 2 fully saturated rings. The third-order valence-corrected chi connectivity index (χ3v) is 7.22. The van der Waals surface area contributed by atoms with Crippen LogP contribution in [0.2, 0.25) is 0 Å². The monoisotopic (exact) mass is 356 g/mol. The first kappa shape index (κ1) is 16.3.